The monoisotopic (exact) mass is 336 g/mol. The summed E-state index contributed by atoms with van der Waals surface area (Å²) >= 11 is 0. The molecule has 10 heteroatoms. The van der Waals surface area contributed by atoms with Crippen LogP contribution in [0.25, 0.3) is 0 Å². The molecule has 2 N–H and O–H groups in total. The Labute approximate surface area is 137 Å². The van der Waals surface area contributed by atoms with Crippen molar-refractivity contribution in [2.75, 3.05) is 18.1 Å². The number of anilines is 1. The van der Waals surface area contributed by atoms with Gasteiger partial charge in [0.2, 0.25) is 5.91 Å². The highest BCUT2D eigenvalue weighted by atomic mass is 19.1. The van der Waals surface area contributed by atoms with Crippen LogP contribution in [0.5, 0.6) is 0 Å². The number of halogens is 1. The Morgan fingerprint density at radius 2 is 2.17 bits per heavy atom. The van der Waals surface area contributed by atoms with E-state index >= 15 is 0 Å². The van der Waals surface area contributed by atoms with Crippen molar-refractivity contribution in [3.63, 3.8) is 0 Å². The van der Waals surface area contributed by atoms with Crippen molar-refractivity contribution in [3.05, 3.63) is 30.1 Å². The Kier molecular flexibility index (Phi) is 4.30. The van der Waals surface area contributed by atoms with Gasteiger partial charge in [0.15, 0.2) is 0 Å². The Morgan fingerprint density at radius 3 is 2.88 bits per heavy atom. The lowest BCUT2D eigenvalue weighted by Crippen LogP contribution is -2.48. The van der Waals surface area contributed by atoms with Crippen LogP contribution in [0.15, 0.2) is 34.7 Å². The number of hydrogen-bond donors (Lipinski definition) is 2. The number of rotatable bonds is 2. The summed E-state index contributed by atoms with van der Waals surface area (Å²) in [6.45, 7) is 2.18. The van der Waals surface area contributed by atoms with Crippen molar-refractivity contribution in [2.45, 2.75) is 25.7 Å². The molecule has 2 atom stereocenters. The predicted molar refractivity (Wildman–Crippen MR) is 80.8 cm³/mol. The molecule has 0 radical (unpaired) electrons. The Balaban J connectivity index is 1.65. The normalized spacial score (nSPS) is 23.0. The number of nitrogens with one attached hydrogen (secondary N) is 1. The number of hydrogen-bond acceptors (Lipinski definition) is 6. The van der Waals surface area contributed by atoms with E-state index in [-0.39, 0.29) is 17.6 Å². The standard InChI is InChI=1S/C14H17FN6O3/c1-9(22)16-11-5-6-19(8-11)13(23)21-14(24)20(17-18-21)12-4-2-3-10(15)7-12/h2-4,7,11,14,24H,5-6,8H2,1H3,(H,16,22). The van der Waals surface area contributed by atoms with E-state index in [4.69, 9.17) is 0 Å². The van der Waals surface area contributed by atoms with Crippen LogP contribution >= 0.6 is 0 Å². The highest BCUT2D eigenvalue weighted by Crippen LogP contribution is 2.26. The zero-order valence-electron chi connectivity index (χ0n) is 13.0. The van der Waals surface area contributed by atoms with Crippen molar-refractivity contribution >= 4 is 17.6 Å². The largest absolute Gasteiger partial charge is 0.353 e. The minimum absolute atomic E-state index is 0.123. The second-order valence-electron chi connectivity index (χ2n) is 5.61. The van der Waals surface area contributed by atoms with Crippen LogP contribution in [0, 0.1) is 5.82 Å². The fourth-order valence-electron chi connectivity index (χ4n) is 2.71. The summed E-state index contributed by atoms with van der Waals surface area (Å²) in [6.07, 6.45) is -0.834. The molecule has 0 bridgehead atoms. The van der Waals surface area contributed by atoms with Gasteiger partial charge >= 0.3 is 6.03 Å². The summed E-state index contributed by atoms with van der Waals surface area (Å²) in [5, 5.41) is 22.3. The average molecular weight is 336 g/mol. The van der Waals surface area contributed by atoms with Gasteiger partial charge in [-0.15, -0.1) is 5.01 Å². The number of aliphatic hydroxyl groups excluding tert-OH is 1. The minimum Gasteiger partial charge on any atom is -0.353 e. The quantitative estimate of drug-likeness (QED) is 0.835. The Hall–Kier alpha value is -2.75. The fourth-order valence-corrected chi connectivity index (χ4v) is 2.71. The molecule has 2 unspecified atom stereocenters. The first-order valence-corrected chi connectivity index (χ1v) is 7.45. The van der Waals surface area contributed by atoms with Crippen molar-refractivity contribution in [2.24, 2.45) is 10.4 Å². The molecule has 1 saturated heterocycles. The van der Waals surface area contributed by atoms with E-state index in [2.05, 4.69) is 15.8 Å². The summed E-state index contributed by atoms with van der Waals surface area (Å²) < 4.78 is 13.3. The van der Waals surface area contributed by atoms with Crippen molar-refractivity contribution in [1.82, 2.24) is 15.2 Å². The maximum absolute atomic E-state index is 13.3. The maximum atomic E-state index is 13.3. The van der Waals surface area contributed by atoms with Crippen LogP contribution in [0.3, 0.4) is 0 Å². The van der Waals surface area contributed by atoms with Crippen molar-refractivity contribution in [3.8, 4) is 0 Å². The van der Waals surface area contributed by atoms with Crippen LogP contribution < -0.4 is 10.3 Å². The number of nitrogens with zero attached hydrogens (tertiary/aromatic N) is 5. The predicted octanol–water partition coefficient (Wildman–Crippen LogP) is 0.836. The van der Waals surface area contributed by atoms with Gasteiger partial charge in [0.05, 0.1) is 5.69 Å². The molecule has 2 heterocycles. The van der Waals surface area contributed by atoms with Crippen LogP contribution in [0.1, 0.15) is 13.3 Å². The molecule has 128 valence electrons. The molecular formula is C14H17FN6O3. The molecule has 24 heavy (non-hydrogen) atoms. The third kappa shape index (κ3) is 3.13. The molecule has 3 rings (SSSR count). The van der Waals surface area contributed by atoms with Gasteiger partial charge in [-0.25, -0.2) is 9.18 Å². The van der Waals surface area contributed by atoms with Gasteiger partial charge in [-0.1, -0.05) is 6.07 Å². The molecule has 0 saturated carbocycles. The number of carbonyl (C=O) groups is 2. The number of urea groups is 1. The van der Waals surface area contributed by atoms with Gasteiger partial charge in [0.25, 0.3) is 6.35 Å². The minimum atomic E-state index is -1.46. The van der Waals surface area contributed by atoms with Crippen LogP contribution in [-0.2, 0) is 4.79 Å². The summed E-state index contributed by atoms with van der Waals surface area (Å²) in [6, 6.07) is 4.80. The van der Waals surface area contributed by atoms with Gasteiger partial charge in [0.1, 0.15) is 5.82 Å². The summed E-state index contributed by atoms with van der Waals surface area (Å²) in [5.74, 6) is -0.648. The first-order valence-electron chi connectivity index (χ1n) is 7.45. The molecule has 0 spiro atoms. The number of amides is 3. The number of likely N-dealkylation sites (tertiary alicyclic amines) is 1. The molecule has 0 aliphatic carbocycles. The molecule has 9 nitrogen and oxygen atoms in total. The summed E-state index contributed by atoms with van der Waals surface area (Å²) in [7, 11) is 0. The maximum Gasteiger partial charge on any atom is 0.345 e. The first-order chi connectivity index (χ1) is 11.5. The van der Waals surface area contributed by atoms with Gasteiger partial charge in [0, 0.05) is 26.1 Å². The number of carbonyl (C=O) groups excluding carboxylic acids is 2. The van der Waals surface area contributed by atoms with Gasteiger partial charge in [-0.2, -0.15) is 5.01 Å². The van der Waals surface area contributed by atoms with E-state index in [0.717, 1.165) is 10.0 Å². The lowest BCUT2D eigenvalue weighted by Gasteiger charge is -2.25. The second kappa shape index (κ2) is 6.40. The molecule has 2 aliphatic heterocycles. The lowest BCUT2D eigenvalue weighted by molar-refractivity contribution is -0.119. The molecule has 1 aromatic rings. The van der Waals surface area contributed by atoms with Gasteiger partial charge < -0.3 is 15.3 Å². The van der Waals surface area contributed by atoms with E-state index < -0.39 is 18.2 Å². The summed E-state index contributed by atoms with van der Waals surface area (Å²) in [5.41, 5.74) is 0.277. The second-order valence-corrected chi connectivity index (χ2v) is 5.61. The van der Waals surface area contributed by atoms with Crippen LogP contribution in [0.2, 0.25) is 0 Å². The molecule has 3 amide bonds. The highest BCUT2D eigenvalue weighted by molar-refractivity contribution is 5.76. The topological polar surface area (TPSA) is 101 Å². The van der Waals surface area contributed by atoms with E-state index in [9.17, 15) is 19.1 Å². The molecule has 1 fully saturated rings. The molecule has 1 aromatic carbocycles. The Morgan fingerprint density at radius 1 is 1.38 bits per heavy atom. The first kappa shape index (κ1) is 16.1. The van der Waals surface area contributed by atoms with Gasteiger partial charge in [-0.05, 0) is 35.1 Å². The molecule has 2 aliphatic rings. The van der Waals surface area contributed by atoms with Crippen LogP contribution in [-0.4, -0.2) is 52.4 Å². The SMILES string of the molecule is CC(=O)NC1CCN(C(=O)N2N=NN(c3cccc(F)c3)C2O)C1. The third-order valence-electron chi connectivity index (χ3n) is 3.81. The van der Waals surface area contributed by atoms with Crippen molar-refractivity contribution < 1.29 is 19.1 Å². The van der Waals surface area contributed by atoms with Crippen molar-refractivity contribution in [1.29, 1.82) is 0 Å². The number of benzene rings is 1. The smallest absolute Gasteiger partial charge is 0.345 e. The zero-order valence-corrected chi connectivity index (χ0v) is 13.0. The Bertz CT molecular complexity index is 684. The molecular weight excluding hydrogens is 319 g/mol. The van der Waals surface area contributed by atoms with E-state index in [1.165, 1.54) is 30.0 Å². The van der Waals surface area contributed by atoms with Crippen LogP contribution in [0.4, 0.5) is 14.9 Å². The third-order valence-corrected chi connectivity index (χ3v) is 3.81. The van der Waals surface area contributed by atoms with Gasteiger partial charge in [-0.3, -0.25) is 4.79 Å². The summed E-state index contributed by atoms with van der Waals surface area (Å²) in [4.78, 5) is 25.0. The lowest BCUT2D eigenvalue weighted by atomic mass is 10.3. The molecule has 0 aromatic heterocycles. The average Bonchev–Trinajstić information content (AvgIpc) is 3.13. The van der Waals surface area contributed by atoms with E-state index in [1.54, 1.807) is 6.07 Å². The number of aliphatic hydroxyl groups is 1. The van der Waals surface area contributed by atoms with E-state index in [1.807, 2.05) is 0 Å². The zero-order chi connectivity index (χ0) is 17.3. The van der Waals surface area contributed by atoms with E-state index in [0.29, 0.717) is 19.5 Å². The fraction of sp³-hybridized carbons (Fsp3) is 0.429. The highest BCUT2D eigenvalue weighted by Gasteiger charge is 2.38.